The first-order chi connectivity index (χ1) is 13.1. The number of nitrogens with zero attached hydrogens (tertiary/aromatic N) is 1. The minimum Gasteiger partial charge on any atom is -0.497 e. The number of carbonyl (C=O) groups is 1. The van der Waals surface area contributed by atoms with Gasteiger partial charge in [-0.25, -0.2) is 12.7 Å². The Bertz CT molecular complexity index is 837. The van der Waals surface area contributed by atoms with Gasteiger partial charge in [-0.05, 0) is 45.7 Å². The smallest absolute Gasteiger partial charge is 0.224 e. The van der Waals surface area contributed by atoms with Crippen LogP contribution in [0.25, 0.3) is 0 Å². The number of hydrogen-bond acceptors (Lipinski definition) is 5. The van der Waals surface area contributed by atoms with Gasteiger partial charge in [0.1, 0.15) is 17.1 Å². The van der Waals surface area contributed by atoms with Crippen LogP contribution in [0.1, 0.15) is 51.6 Å². The summed E-state index contributed by atoms with van der Waals surface area (Å²) in [5, 5.41) is 3.15. The van der Waals surface area contributed by atoms with Gasteiger partial charge in [-0.2, -0.15) is 0 Å². The molecule has 1 amide bonds. The molecule has 1 aromatic carbocycles. The quantitative estimate of drug-likeness (QED) is 0.806. The van der Waals surface area contributed by atoms with Gasteiger partial charge in [-0.1, -0.05) is 0 Å². The summed E-state index contributed by atoms with van der Waals surface area (Å²) in [5.74, 6) is 1.04. The SMILES string of the molecule is CCS(=O)(=O)N1CCC[C@@H](C(=O)N[C@@H]2CC(C)(C)Oc3cc(OC)ccc32)C1. The van der Waals surface area contributed by atoms with E-state index in [-0.39, 0.29) is 30.2 Å². The van der Waals surface area contributed by atoms with Crippen LogP contribution in [-0.4, -0.2) is 50.2 Å². The monoisotopic (exact) mass is 410 g/mol. The van der Waals surface area contributed by atoms with E-state index in [1.54, 1.807) is 14.0 Å². The fourth-order valence-corrected chi connectivity index (χ4v) is 5.15. The summed E-state index contributed by atoms with van der Waals surface area (Å²) in [5.41, 5.74) is 0.490. The Balaban J connectivity index is 1.77. The Kier molecular flexibility index (Phi) is 5.91. The zero-order chi connectivity index (χ0) is 20.5. The molecule has 0 aliphatic carbocycles. The zero-order valence-electron chi connectivity index (χ0n) is 17.0. The molecule has 2 heterocycles. The molecule has 0 radical (unpaired) electrons. The largest absolute Gasteiger partial charge is 0.497 e. The molecule has 0 saturated carbocycles. The van der Waals surface area contributed by atoms with Crippen molar-refractivity contribution in [3.8, 4) is 11.5 Å². The lowest BCUT2D eigenvalue weighted by molar-refractivity contribution is -0.127. The van der Waals surface area contributed by atoms with E-state index in [2.05, 4.69) is 5.32 Å². The average Bonchev–Trinajstić information content (AvgIpc) is 2.66. The molecule has 28 heavy (non-hydrogen) atoms. The maximum Gasteiger partial charge on any atom is 0.224 e. The van der Waals surface area contributed by atoms with Crippen LogP contribution in [0.2, 0.25) is 0 Å². The van der Waals surface area contributed by atoms with Crippen LogP contribution in [0.4, 0.5) is 0 Å². The van der Waals surface area contributed by atoms with Crippen molar-refractivity contribution in [2.24, 2.45) is 5.92 Å². The Morgan fingerprint density at radius 3 is 2.82 bits per heavy atom. The predicted octanol–water partition coefficient (Wildman–Crippen LogP) is 2.48. The first kappa shape index (κ1) is 20.9. The van der Waals surface area contributed by atoms with Gasteiger partial charge in [0.05, 0.1) is 24.8 Å². The van der Waals surface area contributed by atoms with E-state index in [0.29, 0.717) is 37.3 Å². The van der Waals surface area contributed by atoms with E-state index < -0.39 is 15.6 Å². The number of carbonyl (C=O) groups excluding carboxylic acids is 1. The summed E-state index contributed by atoms with van der Waals surface area (Å²) in [4.78, 5) is 13.0. The van der Waals surface area contributed by atoms with E-state index in [1.165, 1.54) is 4.31 Å². The van der Waals surface area contributed by atoms with Crippen LogP contribution < -0.4 is 14.8 Å². The topological polar surface area (TPSA) is 84.9 Å². The zero-order valence-corrected chi connectivity index (χ0v) is 17.8. The third-order valence-corrected chi connectivity index (χ3v) is 7.36. The highest BCUT2D eigenvalue weighted by atomic mass is 32.2. The molecule has 1 aromatic rings. The highest BCUT2D eigenvalue weighted by molar-refractivity contribution is 7.89. The van der Waals surface area contributed by atoms with Crippen LogP contribution in [0.3, 0.4) is 0 Å². The molecule has 0 spiro atoms. The number of amides is 1. The minimum atomic E-state index is -3.28. The lowest BCUT2D eigenvalue weighted by Crippen LogP contribution is -2.48. The van der Waals surface area contributed by atoms with Gasteiger partial charge >= 0.3 is 0 Å². The summed E-state index contributed by atoms with van der Waals surface area (Å²) >= 11 is 0. The van der Waals surface area contributed by atoms with Crippen molar-refractivity contribution in [3.05, 3.63) is 23.8 Å². The number of benzene rings is 1. The summed E-state index contributed by atoms with van der Waals surface area (Å²) < 4.78 is 37.2. The molecule has 7 nitrogen and oxygen atoms in total. The van der Waals surface area contributed by atoms with Crippen molar-refractivity contribution in [2.75, 3.05) is 26.0 Å². The van der Waals surface area contributed by atoms with Gasteiger partial charge < -0.3 is 14.8 Å². The third-order valence-electron chi connectivity index (χ3n) is 5.51. The molecule has 2 aliphatic rings. The second kappa shape index (κ2) is 7.91. The van der Waals surface area contributed by atoms with Crippen LogP contribution in [0.15, 0.2) is 18.2 Å². The summed E-state index contributed by atoms with van der Waals surface area (Å²) in [6, 6.07) is 5.43. The van der Waals surface area contributed by atoms with Crippen molar-refractivity contribution in [2.45, 2.75) is 51.7 Å². The molecule has 2 aliphatic heterocycles. The predicted molar refractivity (Wildman–Crippen MR) is 107 cm³/mol. The van der Waals surface area contributed by atoms with E-state index >= 15 is 0 Å². The molecule has 3 rings (SSSR count). The molecule has 0 unspecified atom stereocenters. The Labute approximate surface area is 167 Å². The number of methoxy groups -OCH3 is 1. The first-order valence-corrected chi connectivity index (χ1v) is 11.4. The maximum absolute atomic E-state index is 13.0. The molecular weight excluding hydrogens is 380 g/mol. The highest BCUT2D eigenvalue weighted by Gasteiger charge is 2.37. The number of piperidine rings is 1. The van der Waals surface area contributed by atoms with Crippen LogP contribution in [-0.2, 0) is 14.8 Å². The number of hydrogen-bond donors (Lipinski definition) is 1. The number of sulfonamides is 1. The molecule has 156 valence electrons. The van der Waals surface area contributed by atoms with Gasteiger partial charge in [-0.15, -0.1) is 0 Å². The van der Waals surface area contributed by atoms with Gasteiger partial charge in [-0.3, -0.25) is 4.79 Å². The van der Waals surface area contributed by atoms with Crippen LogP contribution in [0, 0.1) is 5.92 Å². The Hall–Kier alpha value is -1.80. The van der Waals surface area contributed by atoms with E-state index in [1.807, 2.05) is 32.0 Å². The second-order valence-corrected chi connectivity index (χ2v) is 10.4. The van der Waals surface area contributed by atoms with Crippen LogP contribution >= 0.6 is 0 Å². The Morgan fingerprint density at radius 1 is 1.39 bits per heavy atom. The number of nitrogens with one attached hydrogen (secondary N) is 1. The fraction of sp³-hybridized carbons (Fsp3) is 0.650. The summed E-state index contributed by atoms with van der Waals surface area (Å²) in [7, 11) is -1.67. The first-order valence-electron chi connectivity index (χ1n) is 9.80. The summed E-state index contributed by atoms with van der Waals surface area (Å²) in [6.07, 6.45) is 2.04. The van der Waals surface area contributed by atoms with E-state index in [4.69, 9.17) is 9.47 Å². The van der Waals surface area contributed by atoms with Gasteiger partial charge in [0, 0.05) is 31.1 Å². The van der Waals surface area contributed by atoms with Crippen LogP contribution in [0.5, 0.6) is 11.5 Å². The van der Waals surface area contributed by atoms with Crippen molar-refractivity contribution in [1.29, 1.82) is 0 Å². The van der Waals surface area contributed by atoms with E-state index in [0.717, 1.165) is 5.56 Å². The Morgan fingerprint density at radius 2 is 2.14 bits per heavy atom. The fourth-order valence-electron chi connectivity index (χ4n) is 3.97. The normalized spacial score (nSPS) is 24.7. The number of rotatable bonds is 5. The standard InChI is InChI=1S/C20H30N2O5S/c1-5-28(24,25)22-10-6-7-14(13-22)19(23)21-17-12-20(2,3)27-18-11-15(26-4)8-9-16(17)18/h8-9,11,14,17H,5-7,10,12-13H2,1-4H3,(H,21,23)/t14-,17-/m1/s1. The molecule has 2 atom stereocenters. The van der Waals surface area contributed by atoms with Gasteiger partial charge in [0.15, 0.2) is 0 Å². The molecule has 1 N–H and O–H groups in total. The van der Waals surface area contributed by atoms with Crippen molar-refractivity contribution in [1.82, 2.24) is 9.62 Å². The number of fused-ring (bicyclic) bond motifs is 1. The minimum absolute atomic E-state index is 0.0602. The molecule has 0 aromatic heterocycles. The molecule has 1 fully saturated rings. The van der Waals surface area contributed by atoms with Gasteiger partial charge in [0.2, 0.25) is 15.9 Å². The molecule has 1 saturated heterocycles. The maximum atomic E-state index is 13.0. The third kappa shape index (κ3) is 4.43. The van der Waals surface area contributed by atoms with Crippen molar-refractivity contribution < 1.29 is 22.7 Å². The molecule has 0 bridgehead atoms. The lowest BCUT2D eigenvalue weighted by Gasteiger charge is -2.39. The van der Waals surface area contributed by atoms with Crippen molar-refractivity contribution >= 4 is 15.9 Å². The average molecular weight is 411 g/mol. The van der Waals surface area contributed by atoms with E-state index in [9.17, 15) is 13.2 Å². The molecular formula is C20H30N2O5S. The highest BCUT2D eigenvalue weighted by Crippen LogP contribution is 2.41. The van der Waals surface area contributed by atoms with Gasteiger partial charge in [0.25, 0.3) is 0 Å². The number of ether oxygens (including phenoxy) is 2. The van der Waals surface area contributed by atoms with Crippen molar-refractivity contribution in [3.63, 3.8) is 0 Å². The summed E-state index contributed by atoms with van der Waals surface area (Å²) in [6.45, 7) is 6.36. The second-order valence-electron chi connectivity index (χ2n) is 8.13. The molecule has 8 heteroatoms. The lowest BCUT2D eigenvalue weighted by atomic mass is 9.88.